The van der Waals surface area contributed by atoms with Gasteiger partial charge in [0.25, 0.3) is 0 Å². The number of rotatable bonds is 6. The predicted octanol–water partition coefficient (Wildman–Crippen LogP) is 3.95. The Balaban J connectivity index is 1.28. The molecule has 0 spiro atoms. The normalized spacial score (nSPS) is 36.6. The van der Waals surface area contributed by atoms with Gasteiger partial charge in [0, 0.05) is 13.2 Å². The van der Waals surface area contributed by atoms with E-state index in [1.165, 1.54) is 58.0 Å². The maximum absolute atomic E-state index is 5.93. The Labute approximate surface area is 125 Å². The first-order valence-corrected chi connectivity index (χ1v) is 8.98. The highest BCUT2D eigenvalue weighted by Gasteiger charge is 2.53. The SMILES string of the molecule is CC1(C)C2CCC(CCOCCN3CCCCC3)C1C2. The molecule has 0 aromatic rings. The van der Waals surface area contributed by atoms with E-state index in [-0.39, 0.29) is 0 Å². The lowest BCUT2D eigenvalue weighted by molar-refractivity contribution is -0.111. The molecule has 3 atom stereocenters. The van der Waals surface area contributed by atoms with Gasteiger partial charge in [-0.15, -0.1) is 0 Å². The minimum atomic E-state index is 0.636. The lowest BCUT2D eigenvalue weighted by atomic mass is 9.45. The Bertz CT molecular complexity index is 307. The predicted molar refractivity (Wildman–Crippen MR) is 83.8 cm³/mol. The van der Waals surface area contributed by atoms with Gasteiger partial charge in [-0.25, -0.2) is 0 Å². The number of hydrogen-bond donors (Lipinski definition) is 0. The van der Waals surface area contributed by atoms with E-state index in [2.05, 4.69) is 18.7 Å². The van der Waals surface area contributed by atoms with E-state index < -0.39 is 0 Å². The molecule has 4 aliphatic rings. The summed E-state index contributed by atoms with van der Waals surface area (Å²) >= 11 is 0. The molecule has 2 bridgehead atoms. The van der Waals surface area contributed by atoms with E-state index in [4.69, 9.17) is 4.74 Å². The number of hydrogen-bond acceptors (Lipinski definition) is 2. The molecule has 1 aliphatic heterocycles. The van der Waals surface area contributed by atoms with E-state index in [0.29, 0.717) is 5.41 Å². The zero-order chi connectivity index (χ0) is 14.0. The summed E-state index contributed by atoms with van der Waals surface area (Å²) in [7, 11) is 0. The summed E-state index contributed by atoms with van der Waals surface area (Å²) < 4.78 is 5.93. The highest BCUT2D eigenvalue weighted by atomic mass is 16.5. The zero-order valence-electron chi connectivity index (χ0n) is 13.6. The summed E-state index contributed by atoms with van der Waals surface area (Å²) in [4.78, 5) is 2.57. The number of fused-ring (bicyclic) bond motifs is 2. The average molecular weight is 279 g/mol. The molecule has 0 N–H and O–H groups in total. The van der Waals surface area contributed by atoms with Gasteiger partial charge in [-0.2, -0.15) is 0 Å². The van der Waals surface area contributed by atoms with Crippen molar-refractivity contribution in [2.24, 2.45) is 23.2 Å². The smallest absolute Gasteiger partial charge is 0.0593 e. The second kappa shape index (κ2) is 6.36. The third-order valence-corrected chi connectivity index (χ3v) is 6.63. The van der Waals surface area contributed by atoms with Gasteiger partial charge in [-0.05, 0) is 74.8 Å². The molecule has 116 valence electrons. The molecule has 3 aliphatic carbocycles. The Morgan fingerprint density at radius 1 is 1.05 bits per heavy atom. The van der Waals surface area contributed by atoms with Crippen molar-refractivity contribution in [1.82, 2.24) is 4.90 Å². The first kappa shape index (κ1) is 14.8. The van der Waals surface area contributed by atoms with Crippen LogP contribution < -0.4 is 0 Å². The van der Waals surface area contributed by atoms with E-state index >= 15 is 0 Å². The first-order valence-electron chi connectivity index (χ1n) is 8.98. The van der Waals surface area contributed by atoms with Crippen molar-refractivity contribution >= 4 is 0 Å². The molecule has 0 amide bonds. The summed E-state index contributed by atoms with van der Waals surface area (Å²) in [5.41, 5.74) is 0.636. The van der Waals surface area contributed by atoms with Crippen LogP contribution in [0.4, 0.5) is 0 Å². The van der Waals surface area contributed by atoms with Crippen LogP contribution in [0.1, 0.15) is 58.8 Å². The minimum Gasteiger partial charge on any atom is -0.380 e. The maximum Gasteiger partial charge on any atom is 0.0593 e. The van der Waals surface area contributed by atoms with Crippen molar-refractivity contribution in [2.45, 2.75) is 58.8 Å². The molecule has 0 aromatic heterocycles. The van der Waals surface area contributed by atoms with Gasteiger partial charge >= 0.3 is 0 Å². The second-order valence-electron chi connectivity index (χ2n) is 8.00. The van der Waals surface area contributed by atoms with Crippen LogP contribution in [0.5, 0.6) is 0 Å². The molecule has 2 nitrogen and oxygen atoms in total. The molecule has 3 saturated carbocycles. The van der Waals surface area contributed by atoms with Gasteiger partial charge in [0.05, 0.1) is 6.61 Å². The van der Waals surface area contributed by atoms with E-state index in [1.807, 2.05) is 0 Å². The standard InChI is InChI=1S/C18H33NO/c1-18(2)16-7-6-15(17(18)14-16)8-12-20-13-11-19-9-4-3-5-10-19/h15-17H,3-14H2,1-2H3. The molecule has 4 fully saturated rings. The first-order chi connectivity index (χ1) is 9.68. The number of ether oxygens (including phenoxy) is 1. The van der Waals surface area contributed by atoms with Crippen LogP contribution in [-0.2, 0) is 4.74 Å². The molecule has 1 saturated heterocycles. The lowest BCUT2D eigenvalue weighted by Crippen LogP contribution is -2.52. The quantitative estimate of drug-likeness (QED) is 0.683. The van der Waals surface area contributed by atoms with Crippen LogP contribution in [0, 0.1) is 23.2 Å². The van der Waals surface area contributed by atoms with Crippen molar-refractivity contribution in [3.05, 3.63) is 0 Å². The topological polar surface area (TPSA) is 12.5 Å². The van der Waals surface area contributed by atoms with Crippen molar-refractivity contribution in [2.75, 3.05) is 32.8 Å². The van der Waals surface area contributed by atoms with Gasteiger partial charge in [0.15, 0.2) is 0 Å². The monoisotopic (exact) mass is 279 g/mol. The van der Waals surface area contributed by atoms with Crippen molar-refractivity contribution in [1.29, 1.82) is 0 Å². The molecule has 0 aromatic carbocycles. The summed E-state index contributed by atoms with van der Waals surface area (Å²) in [6.07, 6.45) is 9.96. The highest BCUT2D eigenvalue weighted by Crippen LogP contribution is 2.61. The van der Waals surface area contributed by atoms with Crippen LogP contribution in [0.2, 0.25) is 0 Å². The molecule has 20 heavy (non-hydrogen) atoms. The van der Waals surface area contributed by atoms with Crippen molar-refractivity contribution in [3.8, 4) is 0 Å². The van der Waals surface area contributed by atoms with Crippen molar-refractivity contribution < 1.29 is 4.74 Å². The van der Waals surface area contributed by atoms with E-state index in [0.717, 1.165) is 37.5 Å². The Morgan fingerprint density at radius 2 is 1.85 bits per heavy atom. The van der Waals surface area contributed by atoms with E-state index in [1.54, 1.807) is 0 Å². The van der Waals surface area contributed by atoms with Gasteiger partial charge < -0.3 is 9.64 Å². The lowest BCUT2D eigenvalue weighted by Gasteiger charge is -2.60. The fraction of sp³-hybridized carbons (Fsp3) is 1.00. The van der Waals surface area contributed by atoms with E-state index in [9.17, 15) is 0 Å². The van der Waals surface area contributed by atoms with Gasteiger partial charge in [0.1, 0.15) is 0 Å². The Morgan fingerprint density at radius 3 is 2.55 bits per heavy atom. The maximum atomic E-state index is 5.93. The van der Waals surface area contributed by atoms with Crippen molar-refractivity contribution in [3.63, 3.8) is 0 Å². The molecule has 2 heteroatoms. The molecule has 1 heterocycles. The van der Waals surface area contributed by atoms with Crippen LogP contribution >= 0.6 is 0 Å². The fourth-order valence-electron chi connectivity index (χ4n) is 5.02. The molecule has 0 radical (unpaired) electrons. The average Bonchev–Trinajstić information content (AvgIpc) is 2.48. The number of piperidine rings is 1. The zero-order valence-corrected chi connectivity index (χ0v) is 13.6. The summed E-state index contributed by atoms with van der Waals surface area (Å²) in [6, 6.07) is 0. The van der Waals surface area contributed by atoms with Gasteiger partial charge in [-0.3, -0.25) is 0 Å². The van der Waals surface area contributed by atoms with Crippen LogP contribution in [-0.4, -0.2) is 37.7 Å². The largest absolute Gasteiger partial charge is 0.380 e. The third kappa shape index (κ3) is 3.06. The molecule has 3 unspecified atom stereocenters. The number of likely N-dealkylation sites (tertiary alicyclic amines) is 1. The summed E-state index contributed by atoms with van der Waals surface area (Å²) in [6.45, 7) is 10.7. The Kier molecular flexibility index (Phi) is 4.72. The fourth-order valence-corrected chi connectivity index (χ4v) is 5.02. The molecular weight excluding hydrogens is 246 g/mol. The highest BCUT2D eigenvalue weighted by molar-refractivity contribution is 5.03. The number of nitrogens with zero attached hydrogens (tertiary/aromatic N) is 1. The minimum absolute atomic E-state index is 0.636. The molecular formula is C18H33NO. The Hall–Kier alpha value is -0.0800. The van der Waals surface area contributed by atoms with Crippen LogP contribution in [0.3, 0.4) is 0 Å². The second-order valence-corrected chi connectivity index (χ2v) is 8.00. The van der Waals surface area contributed by atoms with Crippen LogP contribution in [0.15, 0.2) is 0 Å². The van der Waals surface area contributed by atoms with Crippen LogP contribution in [0.25, 0.3) is 0 Å². The van der Waals surface area contributed by atoms with Gasteiger partial charge in [-0.1, -0.05) is 20.3 Å². The third-order valence-electron chi connectivity index (χ3n) is 6.63. The van der Waals surface area contributed by atoms with Gasteiger partial charge in [0.2, 0.25) is 0 Å². The molecule has 4 rings (SSSR count). The summed E-state index contributed by atoms with van der Waals surface area (Å²) in [5, 5.41) is 0. The summed E-state index contributed by atoms with van der Waals surface area (Å²) in [5.74, 6) is 2.97.